The molecule has 7 nitrogen and oxygen atoms in total. The van der Waals surface area contributed by atoms with Gasteiger partial charge in [-0.15, -0.1) is 24.8 Å². The number of carbonyl (C=O) groups is 1. The van der Waals surface area contributed by atoms with E-state index < -0.39 is 17.7 Å². The number of carboxylic acids is 1. The van der Waals surface area contributed by atoms with Gasteiger partial charge in [0.05, 0.1) is 5.92 Å². The molecule has 3 aromatic rings. The van der Waals surface area contributed by atoms with E-state index in [4.69, 9.17) is 19.6 Å². The third-order valence-electron chi connectivity index (χ3n) is 5.95. The minimum atomic E-state index is -1.03. The number of nitrogens with two attached hydrogens (primary N) is 1. The first-order valence-electron chi connectivity index (χ1n) is 11.6. The van der Waals surface area contributed by atoms with Gasteiger partial charge in [-0.2, -0.15) is 0 Å². The second kappa shape index (κ2) is 12.6. The number of halogens is 2. The minimum absolute atomic E-state index is 0. The van der Waals surface area contributed by atoms with Gasteiger partial charge in [-0.25, -0.2) is 4.79 Å². The molecule has 0 aliphatic carbocycles. The molecule has 0 amide bonds. The predicted molar refractivity (Wildman–Crippen MR) is 145 cm³/mol. The lowest BCUT2D eigenvalue weighted by atomic mass is 9.80. The second-order valence-corrected chi connectivity index (χ2v) is 9.96. The summed E-state index contributed by atoms with van der Waals surface area (Å²) in [5.41, 5.74) is 12.1. The van der Waals surface area contributed by atoms with Gasteiger partial charge >= 0.3 is 11.8 Å². The third kappa shape index (κ3) is 6.99. The summed E-state index contributed by atoms with van der Waals surface area (Å²) in [6, 6.07) is 8.00. The molecule has 198 valence electrons. The van der Waals surface area contributed by atoms with Crippen LogP contribution in [0.15, 0.2) is 37.9 Å². The molecule has 0 saturated heterocycles. The Labute approximate surface area is 224 Å². The number of nitrogens with zero attached hydrogens (tertiary/aromatic N) is 1. The van der Waals surface area contributed by atoms with Crippen molar-refractivity contribution in [3.8, 4) is 11.1 Å². The van der Waals surface area contributed by atoms with Gasteiger partial charge in [0, 0.05) is 24.4 Å². The summed E-state index contributed by atoms with van der Waals surface area (Å²) >= 11 is 0. The van der Waals surface area contributed by atoms with Crippen molar-refractivity contribution in [3.63, 3.8) is 0 Å². The fourth-order valence-corrected chi connectivity index (χ4v) is 4.36. The molecule has 1 unspecified atom stereocenters. The topological polar surface area (TPSA) is 120 Å². The maximum absolute atomic E-state index is 12.6. The maximum atomic E-state index is 12.6. The second-order valence-electron chi connectivity index (χ2n) is 9.96. The summed E-state index contributed by atoms with van der Waals surface area (Å²) in [5, 5.41) is 10.3. The van der Waals surface area contributed by atoms with E-state index in [-0.39, 0.29) is 54.7 Å². The van der Waals surface area contributed by atoms with Gasteiger partial charge in [-0.1, -0.05) is 57.5 Å². The standard InChI is InChI=1S/C27H34N2O5.2ClH/c1-7-20-24(18(25(30)31)12-22-16(3)33-26(32)34-22)23(17-10-8-15(2)9-11-17)19(14-28)21(29-20)13-27(4,5)6;;/h8-11,18H,7,12-14,28H2,1-6H3,(H,30,31);2*1H. The number of benzene rings is 1. The highest BCUT2D eigenvalue weighted by atomic mass is 35.5. The molecule has 1 aromatic carbocycles. The van der Waals surface area contributed by atoms with Crippen LogP contribution in [0.1, 0.15) is 73.2 Å². The van der Waals surface area contributed by atoms with Crippen molar-refractivity contribution >= 4 is 30.8 Å². The molecule has 0 spiro atoms. The highest BCUT2D eigenvalue weighted by Gasteiger charge is 2.32. The van der Waals surface area contributed by atoms with Crippen LogP contribution < -0.4 is 11.6 Å². The number of pyridine rings is 1. The van der Waals surface area contributed by atoms with E-state index in [1.807, 2.05) is 38.1 Å². The van der Waals surface area contributed by atoms with Crippen molar-refractivity contribution in [2.45, 2.75) is 73.3 Å². The lowest BCUT2D eigenvalue weighted by molar-refractivity contribution is -0.138. The van der Waals surface area contributed by atoms with E-state index in [0.717, 1.165) is 27.9 Å². The van der Waals surface area contributed by atoms with E-state index >= 15 is 0 Å². The molecule has 1 atom stereocenters. The summed E-state index contributed by atoms with van der Waals surface area (Å²) in [7, 11) is 0. The molecular formula is C27H36Cl2N2O5. The number of hydrogen-bond acceptors (Lipinski definition) is 6. The van der Waals surface area contributed by atoms with Crippen LogP contribution in [0.5, 0.6) is 0 Å². The molecule has 3 N–H and O–H groups in total. The van der Waals surface area contributed by atoms with E-state index in [9.17, 15) is 14.7 Å². The van der Waals surface area contributed by atoms with Crippen molar-refractivity contribution in [2.24, 2.45) is 11.1 Å². The van der Waals surface area contributed by atoms with Crippen molar-refractivity contribution < 1.29 is 18.7 Å². The molecule has 0 aliphatic heterocycles. The summed E-state index contributed by atoms with van der Waals surface area (Å²) < 4.78 is 10.2. The normalized spacial score (nSPS) is 12.0. The SMILES string of the molecule is CCc1nc(CC(C)(C)C)c(CN)c(-c2ccc(C)cc2)c1C(Cc1oc(=O)oc1C)C(=O)O.Cl.Cl. The smallest absolute Gasteiger partial charge is 0.481 e. The molecule has 0 aliphatic rings. The number of hydrogen-bond donors (Lipinski definition) is 2. The molecule has 0 fully saturated rings. The molecular weight excluding hydrogens is 503 g/mol. The molecule has 0 bridgehead atoms. The number of carboxylic acid groups (broad SMARTS) is 1. The average Bonchev–Trinajstić information content (AvgIpc) is 3.07. The van der Waals surface area contributed by atoms with Crippen molar-refractivity contribution in [3.05, 3.63) is 74.5 Å². The summed E-state index contributed by atoms with van der Waals surface area (Å²) in [6.07, 6.45) is 1.23. The quantitative estimate of drug-likeness (QED) is 0.373. The van der Waals surface area contributed by atoms with E-state index in [1.54, 1.807) is 6.92 Å². The summed E-state index contributed by atoms with van der Waals surface area (Å²) in [6.45, 7) is 12.2. The first-order valence-corrected chi connectivity index (χ1v) is 11.6. The highest BCUT2D eigenvalue weighted by molar-refractivity contribution is 5.86. The van der Waals surface area contributed by atoms with Crippen LogP contribution >= 0.6 is 24.8 Å². The zero-order valence-electron chi connectivity index (χ0n) is 21.6. The fraction of sp³-hybridized carbons (Fsp3) is 0.444. The first kappa shape index (κ1) is 31.4. The first-order chi connectivity index (χ1) is 15.9. The number of rotatable bonds is 8. The van der Waals surface area contributed by atoms with E-state index in [0.29, 0.717) is 24.1 Å². The lowest BCUT2D eigenvalue weighted by Crippen LogP contribution is -2.23. The van der Waals surface area contributed by atoms with Gasteiger partial charge in [0.1, 0.15) is 5.76 Å². The van der Waals surface area contributed by atoms with Gasteiger partial charge in [0.25, 0.3) is 0 Å². The summed E-state index contributed by atoms with van der Waals surface area (Å²) in [4.78, 5) is 29.2. The van der Waals surface area contributed by atoms with Crippen LogP contribution in [-0.4, -0.2) is 16.1 Å². The average molecular weight is 540 g/mol. The molecule has 36 heavy (non-hydrogen) atoms. The predicted octanol–water partition coefficient (Wildman–Crippen LogP) is 5.78. The number of aliphatic carboxylic acids is 1. The Kier molecular flexibility index (Phi) is 11.0. The lowest BCUT2D eigenvalue weighted by Gasteiger charge is -2.27. The molecule has 9 heteroatoms. The number of aryl methyl sites for hydroxylation is 3. The molecule has 3 rings (SSSR count). The largest absolute Gasteiger partial charge is 0.519 e. The van der Waals surface area contributed by atoms with Gasteiger partial charge in [-0.3, -0.25) is 9.78 Å². The molecule has 2 aromatic heterocycles. The van der Waals surface area contributed by atoms with Crippen LogP contribution in [0.3, 0.4) is 0 Å². The van der Waals surface area contributed by atoms with Crippen LogP contribution in [0.4, 0.5) is 0 Å². The zero-order valence-corrected chi connectivity index (χ0v) is 23.3. The number of aromatic nitrogens is 1. The molecule has 2 heterocycles. The van der Waals surface area contributed by atoms with Gasteiger partial charge in [0.15, 0.2) is 5.76 Å². The minimum Gasteiger partial charge on any atom is -0.481 e. The molecule has 0 saturated carbocycles. The highest BCUT2D eigenvalue weighted by Crippen LogP contribution is 2.39. The van der Waals surface area contributed by atoms with Crippen LogP contribution in [-0.2, 0) is 30.6 Å². The van der Waals surface area contributed by atoms with Gasteiger partial charge < -0.3 is 19.7 Å². The van der Waals surface area contributed by atoms with Gasteiger partial charge in [0.2, 0.25) is 0 Å². The van der Waals surface area contributed by atoms with Gasteiger partial charge in [-0.05, 0) is 54.4 Å². The van der Waals surface area contributed by atoms with Crippen LogP contribution in [0, 0.1) is 19.3 Å². The van der Waals surface area contributed by atoms with Crippen LogP contribution in [0.25, 0.3) is 11.1 Å². The Bertz CT molecular complexity index is 1240. The third-order valence-corrected chi connectivity index (χ3v) is 5.95. The molecule has 0 radical (unpaired) electrons. The Morgan fingerprint density at radius 1 is 1.08 bits per heavy atom. The van der Waals surface area contributed by atoms with E-state index in [1.165, 1.54) is 0 Å². The Balaban J connectivity index is 0.00000324. The fourth-order valence-electron chi connectivity index (χ4n) is 4.36. The van der Waals surface area contributed by atoms with Crippen molar-refractivity contribution in [1.29, 1.82) is 0 Å². The van der Waals surface area contributed by atoms with Crippen molar-refractivity contribution in [2.75, 3.05) is 0 Å². The maximum Gasteiger partial charge on any atom is 0.519 e. The van der Waals surface area contributed by atoms with Crippen molar-refractivity contribution in [1.82, 2.24) is 4.98 Å². The van der Waals surface area contributed by atoms with Crippen LogP contribution in [0.2, 0.25) is 0 Å². The Morgan fingerprint density at radius 2 is 1.69 bits per heavy atom. The van der Waals surface area contributed by atoms with E-state index in [2.05, 4.69) is 20.8 Å². The Hall–Kier alpha value is -2.61. The summed E-state index contributed by atoms with van der Waals surface area (Å²) in [5.74, 6) is -2.36. The zero-order chi connectivity index (χ0) is 25.2. The Morgan fingerprint density at radius 3 is 2.14 bits per heavy atom. The monoisotopic (exact) mass is 538 g/mol.